The molecule has 1 rings (SSSR count). The van der Waals surface area contributed by atoms with Crippen LogP contribution in [0.4, 0.5) is 0 Å². The summed E-state index contributed by atoms with van der Waals surface area (Å²) >= 11 is 0. The highest BCUT2D eigenvalue weighted by atomic mass is 16.5. The molecule has 102 valence electrons. The number of hydrogen-bond donors (Lipinski definition) is 2. The molecule has 0 bridgehead atoms. The van der Waals surface area contributed by atoms with Crippen molar-refractivity contribution in [2.75, 3.05) is 20.3 Å². The molecule has 7 heteroatoms. The Bertz CT molecular complexity index is 434. The Balaban J connectivity index is 2.27. The van der Waals surface area contributed by atoms with E-state index in [4.69, 9.17) is 4.74 Å². The number of ether oxygens (including phenoxy) is 1. The van der Waals surface area contributed by atoms with Gasteiger partial charge in [-0.2, -0.15) is 5.10 Å². The lowest BCUT2D eigenvalue weighted by Crippen LogP contribution is -2.38. The van der Waals surface area contributed by atoms with E-state index >= 15 is 0 Å². The molecule has 0 aliphatic carbocycles. The van der Waals surface area contributed by atoms with Crippen molar-refractivity contribution in [2.45, 2.75) is 6.42 Å². The smallest absolute Gasteiger partial charge is 0.329 e. The van der Waals surface area contributed by atoms with E-state index in [2.05, 4.69) is 20.8 Å². The monoisotopic (exact) mass is 264 g/mol. The summed E-state index contributed by atoms with van der Waals surface area (Å²) in [5, 5.41) is 6.11. The highest BCUT2D eigenvalue weighted by molar-refractivity contribution is 6.35. The number of carbonyl (C=O) groups is 2. The first-order valence-electron chi connectivity index (χ1n) is 5.74. The molecule has 1 aromatic heterocycles. The van der Waals surface area contributed by atoms with Gasteiger partial charge in [-0.15, -0.1) is 0 Å². The van der Waals surface area contributed by atoms with E-state index in [1.54, 1.807) is 31.6 Å². The van der Waals surface area contributed by atoms with Gasteiger partial charge in [0.25, 0.3) is 0 Å². The van der Waals surface area contributed by atoms with Gasteiger partial charge in [0.05, 0.1) is 6.21 Å². The zero-order chi connectivity index (χ0) is 13.9. The highest BCUT2D eigenvalue weighted by Gasteiger charge is 2.10. The van der Waals surface area contributed by atoms with Crippen LogP contribution in [0.5, 0.6) is 0 Å². The predicted octanol–water partition coefficient (Wildman–Crippen LogP) is -0.316. The maximum Gasteiger partial charge on any atom is 0.329 e. The van der Waals surface area contributed by atoms with Gasteiger partial charge >= 0.3 is 11.8 Å². The van der Waals surface area contributed by atoms with Crippen molar-refractivity contribution in [1.82, 2.24) is 15.7 Å². The highest BCUT2D eigenvalue weighted by Crippen LogP contribution is 1.89. The lowest BCUT2D eigenvalue weighted by Gasteiger charge is -2.02. The molecular formula is C12H16N4O3. The maximum atomic E-state index is 11.3. The molecule has 0 saturated carbocycles. The normalized spacial score (nSPS) is 10.4. The van der Waals surface area contributed by atoms with Crippen molar-refractivity contribution >= 4 is 18.0 Å². The van der Waals surface area contributed by atoms with E-state index < -0.39 is 11.8 Å². The van der Waals surface area contributed by atoms with Crippen LogP contribution in [0.15, 0.2) is 29.6 Å². The molecule has 0 radical (unpaired) electrons. The number of pyridine rings is 1. The van der Waals surface area contributed by atoms with Gasteiger partial charge in [0.1, 0.15) is 0 Å². The number of carbonyl (C=O) groups excluding carboxylic acids is 2. The van der Waals surface area contributed by atoms with Crippen molar-refractivity contribution in [2.24, 2.45) is 5.10 Å². The van der Waals surface area contributed by atoms with Crippen LogP contribution in [0.2, 0.25) is 0 Å². The number of aromatic nitrogens is 1. The van der Waals surface area contributed by atoms with Crippen LogP contribution in [0.1, 0.15) is 12.0 Å². The Kier molecular flexibility index (Phi) is 6.81. The molecule has 0 spiro atoms. The van der Waals surface area contributed by atoms with Gasteiger partial charge in [-0.3, -0.25) is 14.6 Å². The minimum Gasteiger partial charge on any atom is -0.385 e. The Morgan fingerprint density at radius 3 is 3.00 bits per heavy atom. The zero-order valence-electron chi connectivity index (χ0n) is 10.6. The third-order valence-corrected chi connectivity index (χ3v) is 2.08. The van der Waals surface area contributed by atoms with Crippen LogP contribution in [0, 0.1) is 0 Å². The fraction of sp³-hybridized carbons (Fsp3) is 0.333. The van der Waals surface area contributed by atoms with E-state index in [1.165, 1.54) is 6.21 Å². The fourth-order valence-corrected chi connectivity index (χ4v) is 1.17. The Morgan fingerprint density at radius 1 is 1.47 bits per heavy atom. The average molecular weight is 264 g/mol. The summed E-state index contributed by atoms with van der Waals surface area (Å²) in [6.07, 6.45) is 5.27. The van der Waals surface area contributed by atoms with Gasteiger partial charge in [-0.25, -0.2) is 5.43 Å². The lowest BCUT2D eigenvalue weighted by atomic mass is 10.3. The first-order valence-corrected chi connectivity index (χ1v) is 5.74. The Hall–Kier alpha value is -2.28. The van der Waals surface area contributed by atoms with E-state index in [0.29, 0.717) is 19.6 Å². The largest absolute Gasteiger partial charge is 0.385 e. The van der Waals surface area contributed by atoms with Crippen molar-refractivity contribution in [3.8, 4) is 0 Å². The van der Waals surface area contributed by atoms with Crippen molar-refractivity contribution in [3.05, 3.63) is 30.1 Å². The molecule has 1 heterocycles. The molecule has 1 aromatic rings. The molecule has 0 saturated heterocycles. The fourth-order valence-electron chi connectivity index (χ4n) is 1.17. The van der Waals surface area contributed by atoms with Crippen molar-refractivity contribution in [1.29, 1.82) is 0 Å². The summed E-state index contributed by atoms with van der Waals surface area (Å²) in [7, 11) is 1.57. The molecule has 0 unspecified atom stereocenters. The first kappa shape index (κ1) is 14.8. The van der Waals surface area contributed by atoms with Crippen LogP contribution >= 0.6 is 0 Å². The predicted molar refractivity (Wildman–Crippen MR) is 69.5 cm³/mol. The van der Waals surface area contributed by atoms with E-state index in [1.807, 2.05) is 0 Å². The summed E-state index contributed by atoms with van der Waals surface area (Å²) in [5.41, 5.74) is 2.86. The summed E-state index contributed by atoms with van der Waals surface area (Å²) in [6, 6.07) is 3.51. The lowest BCUT2D eigenvalue weighted by molar-refractivity contribution is -0.139. The number of methoxy groups -OCH3 is 1. The second-order valence-electron chi connectivity index (χ2n) is 3.59. The SMILES string of the molecule is COCCCNC(=O)C(=O)N/N=C\c1cccnc1. The van der Waals surface area contributed by atoms with E-state index in [9.17, 15) is 9.59 Å². The van der Waals surface area contributed by atoms with E-state index in [0.717, 1.165) is 5.56 Å². The molecule has 0 aromatic carbocycles. The van der Waals surface area contributed by atoms with Gasteiger partial charge in [0, 0.05) is 38.2 Å². The van der Waals surface area contributed by atoms with Crippen LogP contribution < -0.4 is 10.7 Å². The average Bonchev–Trinajstić information content (AvgIpc) is 2.44. The minimum absolute atomic E-state index is 0.381. The summed E-state index contributed by atoms with van der Waals surface area (Å²) in [5.74, 6) is -1.53. The van der Waals surface area contributed by atoms with Gasteiger partial charge in [0.15, 0.2) is 0 Å². The molecule has 0 atom stereocenters. The second kappa shape index (κ2) is 8.76. The van der Waals surface area contributed by atoms with Crippen LogP contribution in [-0.2, 0) is 14.3 Å². The number of nitrogens with zero attached hydrogens (tertiary/aromatic N) is 2. The Morgan fingerprint density at radius 2 is 2.32 bits per heavy atom. The molecule has 19 heavy (non-hydrogen) atoms. The van der Waals surface area contributed by atoms with Crippen LogP contribution in [-0.4, -0.2) is 43.3 Å². The van der Waals surface area contributed by atoms with Crippen molar-refractivity contribution < 1.29 is 14.3 Å². The number of hydrazone groups is 1. The molecule has 0 fully saturated rings. The van der Waals surface area contributed by atoms with Crippen LogP contribution in [0.3, 0.4) is 0 Å². The zero-order valence-corrected chi connectivity index (χ0v) is 10.6. The Labute approximate surface area is 111 Å². The van der Waals surface area contributed by atoms with Gasteiger partial charge in [-0.1, -0.05) is 6.07 Å². The minimum atomic E-state index is -0.808. The van der Waals surface area contributed by atoms with Gasteiger partial charge in [-0.05, 0) is 12.5 Å². The third-order valence-electron chi connectivity index (χ3n) is 2.08. The molecule has 0 aliphatic rings. The summed E-state index contributed by atoms with van der Waals surface area (Å²) < 4.78 is 4.82. The van der Waals surface area contributed by atoms with Gasteiger partial charge < -0.3 is 10.1 Å². The number of nitrogens with one attached hydrogen (secondary N) is 2. The standard InChI is InChI=1S/C12H16N4O3/c1-19-7-3-6-14-11(17)12(18)16-15-9-10-4-2-5-13-8-10/h2,4-5,8-9H,3,6-7H2,1H3,(H,14,17)(H,16,18)/b15-9-. The molecule has 0 aliphatic heterocycles. The van der Waals surface area contributed by atoms with Crippen LogP contribution in [0.25, 0.3) is 0 Å². The van der Waals surface area contributed by atoms with Gasteiger partial charge in [0.2, 0.25) is 0 Å². The third kappa shape index (κ3) is 6.27. The quantitative estimate of drug-likeness (QED) is 0.319. The number of amides is 2. The topological polar surface area (TPSA) is 92.7 Å². The first-order chi connectivity index (χ1) is 9.24. The summed E-state index contributed by atoms with van der Waals surface area (Å²) in [6.45, 7) is 0.910. The summed E-state index contributed by atoms with van der Waals surface area (Å²) in [4.78, 5) is 26.5. The molecular weight excluding hydrogens is 248 g/mol. The number of hydrogen-bond acceptors (Lipinski definition) is 5. The number of rotatable bonds is 6. The maximum absolute atomic E-state index is 11.3. The molecule has 7 nitrogen and oxygen atoms in total. The van der Waals surface area contributed by atoms with E-state index in [-0.39, 0.29) is 0 Å². The molecule has 2 N–H and O–H groups in total. The van der Waals surface area contributed by atoms with Crippen molar-refractivity contribution in [3.63, 3.8) is 0 Å². The second-order valence-corrected chi connectivity index (χ2v) is 3.59. The molecule has 2 amide bonds.